The van der Waals surface area contributed by atoms with Crippen molar-refractivity contribution in [3.8, 4) is 0 Å². The minimum absolute atomic E-state index is 0.0298. The number of thioether (sulfide) groups is 1. The standard InChI is InChI=1S/C15H17FN2OS/c1-4-20-15-17-10(2)13(14(19)18(15)3)9-11-5-7-12(16)8-6-11/h5-8H,4,9H2,1-3H3. The maximum atomic E-state index is 12.9. The van der Waals surface area contributed by atoms with Crippen LogP contribution in [-0.4, -0.2) is 15.3 Å². The van der Waals surface area contributed by atoms with Crippen LogP contribution < -0.4 is 5.56 Å². The summed E-state index contributed by atoms with van der Waals surface area (Å²) in [5, 5.41) is 0.734. The molecule has 0 saturated heterocycles. The summed E-state index contributed by atoms with van der Waals surface area (Å²) in [5.74, 6) is 0.600. The molecule has 0 bridgehead atoms. The van der Waals surface area contributed by atoms with Crippen LogP contribution in [0.2, 0.25) is 0 Å². The Bertz CT molecular complexity index is 665. The molecule has 0 spiro atoms. The topological polar surface area (TPSA) is 34.9 Å². The molecule has 0 saturated carbocycles. The van der Waals surface area contributed by atoms with Gasteiger partial charge in [-0.05, 0) is 30.4 Å². The molecule has 0 aliphatic carbocycles. The van der Waals surface area contributed by atoms with Gasteiger partial charge in [0.05, 0.1) is 0 Å². The fraction of sp³-hybridized carbons (Fsp3) is 0.333. The summed E-state index contributed by atoms with van der Waals surface area (Å²) in [7, 11) is 1.74. The van der Waals surface area contributed by atoms with E-state index in [1.165, 1.54) is 12.1 Å². The first-order valence-electron chi connectivity index (χ1n) is 6.46. The third-order valence-corrected chi connectivity index (χ3v) is 4.03. The number of aryl methyl sites for hydroxylation is 1. The van der Waals surface area contributed by atoms with Gasteiger partial charge in [0.2, 0.25) is 0 Å². The summed E-state index contributed by atoms with van der Waals surface area (Å²) >= 11 is 1.55. The predicted molar refractivity (Wildman–Crippen MR) is 79.8 cm³/mol. The van der Waals surface area contributed by atoms with Gasteiger partial charge in [-0.1, -0.05) is 30.8 Å². The van der Waals surface area contributed by atoms with E-state index in [2.05, 4.69) is 4.98 Å². The van der Waals surface area contributed by atoms with E-state index in [0.717, 1.165) is 22.2 Å². The first-order valence-corrected chi connectivity index (χ1v) is 7.45. The first kappa shape index (κ1) is 14.8. The van der Waals surface area contributed by atoms with Crippen molar-refractivity contribution in [1.82, 2.24) is 9.55 Å². The molecule has 0 aliphatic rings. The van der Waals surface area contributed by atoms with Crippen molar-refractivity contribution < 1.29 is 4.39 Å². The van der Waals surface area contributed by atoms with Gasteiger partial charge in [-0.15, -0.1) is 0 Å². The van der Waals surface area contributed by atoms with Gasteiger partial charge >= 0.3 is 0 Å². The van der Waals surface area contributed by atoms with E-state index in [9.17, 15) is 9.18 Å². The summed E-state index contributed by atoms with van der Waals surface area (Å²) in [4.78, 5) is 16.9. The van der Waals surface area contributed by atoms with Crippen LogP contribution in [0, 0.1) is 12.7 Å². The lowest BCUT2D eigenvalue weighted by Crippen LogP contribution is -2.25. The molecule has 2 rings (SSSR count). The van der Waals surface area contributed by atoms with E-state index in [4.69, 9.17) is 0 Å². The number of benzene rings is 1. The fourth-order valence-corrected chi connectivity index (χ4v) is 2.73. The van der Waals surface area contributed by atoms with Crippen LogP contribution >= 0.6 is 11.8 Å². The highest BCUT2D eigenvalue weighted by molar-refractivity contribution is 7.99. The van der Waals surface area contributed by atoms with E-state index in [1.54, 1.807) is 35.5 Å². The Balaban J connectivity index is 2.40. The molecule has 1 heterocycles. The number of hydrogen-bond donors (Lipinski definition) is 0. The highest BCUT2D eigenvalue weighted by Crippen LogP contribution is 2.16. The molecule has 106 valence electrons. The summed E-state index contributed by atoms with van der Waals surface area (Å²) in [5.41, 5.74) is 2.29. The van der Waals surface area contributed by atoms with Gasteiger partial charge in [0.25, 0.3) is 5.56 Å². The van der Waals surface area contributed by atoms with Crippen molar-refractivity contribution in [2.75, 3.05) is 5.75 Å². The van der Waals surface area contributed by atoms with Gasteiger partial charge in [0.15, 0.2) is 5.16 Å². The van der Waals surface area contributed by atoms with Crippen LogP contribution in [0.25, 0.3) is 0 Å². The van der Waals surface area contributed by atoms with Crippen LogP contribution in [0.4, 0.5) is 4.39 Å². The molecular formula is C15H17FN2OS. The summed E-state index contributed by atoms with van der Waals surface area (Å²) < 4.78 is 14.5. The predicted octanol–water partition coefficient (Wildman–Crippen LogP) is 2.93. The van der Waals surface area contributed by atoms with E-state index in [1.807, 2.05) is 13.8 Å². The zero-order valence-electron chi connectivity index (χ0n) is 11.8. The van der Waals surface area contributed by atoms with Crippen LogP contribution in [0.5, 0.6) is 0 Å². The Kier molecular flexibility index (Phi) is 4.60. The van der Waals surface area contributed by atoms with Gasteiger partial charge in [-0.2, -0.15) is 0 Å². The number of rotatable bonds is 4. The summed E-state index contributed by atoms with van der Waals surface area (Å²) in [6.07, 6.45) is 0.475. The third kappa shape index (κ3) is 3.10. The lowest BCUT2D eigenvalue weighted by atomic mass is 10.1. The SMILES string of the molecule is CCSc1nc(C)c(Cc2ccc(F)cc2)c(=O)n1C. The summed E-state index contributed by atoms with van der Waals surface area (Å²) in [6.45, 7) is 3.87. The quantitative estimate of drug-likeness (QED) is 0.642. The van der Waals surface area contributed by atoms with Crippen molar-refractivity contribution in [2.45, 2.75) is 25.4 Å². The van der Waals surface area contributed by atoms with Gasteiger partial charge < -0.3 is 0 Å². The molecule has 0 radical (unpaired) electrons. The Morgan fingerprint density at radius 2 is 1.95 bits per heavy atom. The molecule has 1 aromatic carbocycles. The smallest absolute Gasteiger partial charge is 0.257 e. The zero-order chi connectivity index (χ0) is 14.7. The Morgan fingerprint density at radius 1 is 1.30 bits per heavy atom. The molecule has 0 fully saturated rings. The van der Waals surface area contributed by atoms with Crippen molar-refractivity contribution in [3.63, 3.8) is 0 Å². The molecule has 5 heteroatoms. The average molecular weight is 292 g/mol. The fourth-order valence-electron chi connectivity index (χ4n) is 2.00. The van der Waals surface area contributed by atoms with Crippen LogP contribution in [0.3, 0.4) is 0 Å². The molecule has 0 atom stereocenters. The minimum atomic E-state index is -0.272. The average Bonchev–Trinajstić information content (AvgIpc) is 2.43. The molecule has 2 aromatic rings. The first-order chi connectivity index (χ1) is 9.52. The molecule has 0 unspecified atom stereocenters. The van der Waals surface area contributed by atoms with E-state index in [-0.39, 0.29) is 11.4 Å². The number of aromatic nitrogens is 2. The number of nitrogens with zero attached hydrogens (tertiary/aromatic N) is 2. The van der Waals surface area contributed by atoms with Gasteiger partial charge in [0.1, 0.15) is 5.82 Å². The Hall–Kier alpha value is -1.62. The molecule has 3 nitrogen and oxygen atoms in total. The van der Waals surface area contributed by atoms with Crippen molar-refractivity contribution in [3.05, 3.63) is 57.3 Å². The Morgan fingerprint density at radius 3 is 2.55 bits per heavy atom. The molecule has 0 N–H and O–H groups in total. The lowest BCUT2D eigenvalue weighted by molar-refractivity contribution is 0.627. The number of hydrogen-bond acceptors (Lipinski definition) is 3. The van der Waals surface area contributed by atoms with Gasteiger partial charge in [-0.3, -0.25) is 9.36 Å². The van der Waals surface area contributed by atoms with Crippen LogP contribution in [0.15, 0.2) is 34.2 Å². The highest BCUT2D eigenvalue weighted by Gasteiger charge is 2.12. The zero-order valence-corrected chi connectivity index (χ0v) is 12.6. The molecule has 1 aromatic heterocycles. The normalized spacial score (nSPS) is 10.8. The Labute approximate surface area is 121 Å². The third-order valence-electron chi connectivity index (χ3n) is 3.12. The van der Waals surface area contributed by atoms with E-state index < -0.39 is 0 Å². The largest absolute Gasteiger partial charge is 0.291 e. The van der Waals surface area contributed by atoms with Gasteiger partial charge in [-0.25, -0.2) is 9.37 Å². The molecular weight excluding hydrogens is 275 g/mol. The monoisotopic (exact) mass is 292 g/mol. The van der Waals surface area contributed by atoms with Crippen molar-refractivity contribution in [1.29, 1.82) is 0 Å². The highest BCUT2D eigenvalue weighted by atomic mass is 32.2. The van der Waals surface area contributed by atoms with Crippen LogP contribution in [0.1, 0.15) is 23.7 Å². The second-order valence-corrected chi connectivity index (χ2v) is 5.79. The van der Waals surface area contributed by atoms with Gasteiger partial charge in [0, 0.05) is 24.7 Å². The van der Waals surface area contributed by atoms with E-state index >= 15 is 0 Å². The maximum Gasteiger partial charge on any atom is 0.257 e. The molecule has 20 heavy (non-hydrogen) atoms. The van der Waals surface area contributed by atoms with Crippen molar-refractivity contribution >= 4 is 11.8 Å². The minimum Gasteiger partial charge on any atom is -0.291 e. The summed E-state index contributed by atoms with van der Waals surface area (Å²) in [6, 6.07) is 6.21. The number of halogens is 1. The van der Waals surface area contributed by atoms with Crippen LogP contribution in [-0.2, 0) is 13.5 Å². The molecule has 0 amide bonds. The van der Waals surface area contributed by atoms with E-state index in [0.29, 0.717) is 12.0 Å². The molecule has 0 aliphatic heterocycles. The van der Waals surface area contributed by atoms with Crippen molar-refractivity contribution in [2.24, 2.45) is 7.05 Å². The second-order valence-electron chi connectivity index (χ2n) is 4.56. The maximum absolute atomic E-state index is 12.9. The second kappa shape index (κ2) is 6.22. The lowest BCUT2D eigenvalue weighted by Gasteiger charge is -2.11.